The number of carbonyl (C=O) groups is 1. The van der Waals surface area contributed by atoms with E-state index in [1.54, 1.807) is 19.1 Å². The molecule has 6 heteroatoms. The average molecular weight is 322 g/mol. The highest BCUT2D eigenvalue weighted by Crippen LogP contribution is 2.49. The minimum Gasteiger partial charge on any atom is -0.338 e. The summed E-state index contributed by atoms with van der Waals surface area (Å²) in [4.78, 5) is 11.9. The van der Waals surface area contributed by atoms with Crippen LogP contribution in [0.1, 0.15) is 28.8 Å². The molecule has 0 atom stereocenters. The largest absolute Gasteiger partial charge is 0.411 e. The fourth-order valence-corrected chi connectivity index (χ4v) is 2.11. The van der Waals surface area contributed by atoms with Gasteiger partial charge in [-0.15, -0.1) is 0 Å². The standard InChI is InChI=1S/C12H11BrF3NO/c1-7-8(3-2-4-9(7)13)10(18)17-11(5-6-11)12(14,15)16/h2-4H,5-6H2,1H3,(H,17,18). The molecule has 1 aliphatic rings. The molecular formula is C12H11BrF3NO. The molecule has 1 aromatic carbocycles. The van der Waals surface area contributed by atoms with E-state index in [2.05, 4.69) is 21.2 Å². The van der Waals surface area contributed by atoms with Crippen LogP contribution in [0.2, 0.25) is 0 Å². The van der Waals surface area contributed by atoms with Crippen LogP contribution in [0, 0.1) is 6.92 Å². The number of hydrogen-bond acceptors (Lipinski definition) is 1. The summed E-state index contributed by atoms with van der Waals surface area (Å²) in [7, 11) is 0. The van der Waals surface area contributed by atoms with Crippen LogP contribution >= 0.6 is 15.9 Å². The molecule has 1 saturated carbocycles. The van der Waals surface area contributed by atoms with Gasteiger partial charge in [0, 0.05) is 10.0 Å². The number of benzene rings is 1. The van der Waals surface area contributed by atoms with Crippen molar-refractivity contribution in [1.29, 1.82) is 0 Å². The topological polar surface area (TPSA) is 29.1 Å². The second kappa shape index (κ2) is 4.26. The number of hydrogen-bond donors (Lipinski definition) is 1. The number of amides is 1. The summed E-state index contributed by atoms with van der Waals surface area (Å²) in [6.07, 6.45) is -4.48. The first kappa shape index (κ1) is 13.4. The molecule has 2 nitrogen and oxygen atoms in total. The monoisotopic (exact) mass is 321 g/mol. The van der Waals surface area contributed by atoms with E-state index in [1.165, 1.54) is 6.07 Å². The lowest BCUT2D eigenvalue weighted by Gasteiger charge is -2.21. The van der Waals surface area contributed by atoms with Crippen molar-refractivity contribution in [2.75, 3.05) is 0 Å². The van der Waals surface area contributed by atoms with E-state index < -0.39 is 17.6 Å². The zero-order valence-electron chi connectivity index (χ0n) is 9.57. The van der Waals surface area contributed by atoms with E-state index in [1.807, 2.05) is 0 Å². The van der Waals surface area contributed by atoms with Crippen LogP contribution in [0.25, 0.3) is 0 Å². The molecule has 0 radical (unpaired) electrons. The third-order valence-electron chi connectivity index (χ3n) is 3.16. The van der Waals surface area contributed by atoms with Gasteiger partial charge in [0.05, 0.1) is 0 Å². The highest BCUT2D eigenvalue weighted by molar-refractivity contribution is 9.10. The van der Waals surface area contributed by atoms with Crippen molar-refractivity contribution in [1.82, 2.24) is 5.32 Å². The Morgan fingerprint density at radius 3 is 2.50 bits per heavy atom. The molecule has 0 bridgehead atoms. The molecule has 2 rings (SSSR count). The Balaban J connectivity index is 2.21. The number of halogens is 4. The summed E-state index contributed by atoms with van der Waals surface area (Å²) in [6.45, 7) is 1.69. The highest BCUT2D eigenvalue weighted by atomic mass is 79.9. The van der Waals surface area contributed by atoms with Crippen molar-refractivity contribution >= 4 is 21.8 Å². The fourth-order valence-electron chi connectivity index (χ4n) is 1.74. The van der Waals surface area contributed by atoms with Crippen LogP contribution in [0.5, 0.6) is 0 Å². The Morgan fingerprint density at radius 2 is 2.00 bits per heavy atom. The molecular weight excluding hydrogens is 311 g/mol. The molecule has 0 aliphatic heterocycles. The Hall–Kier alpha value is -1.04. The zero-order valence-corrected chi connectivity index (χ0v) is 11.2. The van der Waals surface area contributed by atoms with Gasteiger partial charge in [-0.1, -0.05) is 22.0 Å². The van der Waals surface area contributed by atoms with Gasteiger partial charge in [-0.05, 0) is 37.5 Å². The quantitative estimate of drug-likeness (QED) is 0.886. The van der Waals surface area contributed by atoms with Gasteiger partial charge in [-0.3, -0.25) is 4.79 Å². The van der Waals surface area contributed by atoms with Crippen molar-refractivity contribution in [3.8, 4) is 0 Å². The van der Waals surface area contributed by atoms with Crippen molar-refractivity contribution in [2.45, 2.75) is 31.5 Å². The highest BCUT2D eigenvalue weighted by Gasteiger charge is 2.64. The molecule has 0 spiro atoms. The van der Waals surface area contributed by atoms with E-state index >= 15 is 0 Å². The predicted octanol–water partition coefficient (Wildman–Crippen LogP) is 3.58. The second-order valence-corrected chi connectivity index (χ2v) is 5.30. The van der Waals surface area contributed by atoms with Crippen molar-refractivity contribution in [3.05, 3.63) is 33.8 Å². The first-order chi connectivity index (χ1) is 8.27. The van der Waals surface area contributed by atoms with E-state index in [0.29, 0.717) is 10.0 Å². The van der Waals surface area contributed by atoms with Gasteiger partial charge >= 0.3 is 6.18 Å². The second-order valence-electron chi connectivity index (χ2n) is 4.45. The number of alkyl halides is 3. The Kier molecular flexibility index (Phi) is 3.17. The maximum absolute atomic E-state index is 12.7. The third kappa shape index (κ3) is 2.25. The minimum absolute atomic E-state index is 0.0463. The van der Waals surface area contributed by atoms with Crippen LogP contribution < -0.4 is 5.32 Å². The number of nitrogens with one attached hydrogen (secondary N) is 1. The third-order valence-corrected chi connectivity index (χ3v) is 4.02. The fraction of sp³-hybridized carbons (Fsp3) is 0.417. The number of carbonyl (C=O) groups excluding carboxylic acids is 1. The molecule has 0 heterocycles. The average Bonchev–Trinajstić information content (AvgIpc) is 3.02. The van der Waals surface area contributed by atoms with Gasteiger partial charge in [-0.25, -0.2) is 0 Å². The number of rotatable bonds is 2. The summed E-state index contributed by atoms with van der Waals surface area (Å²) < 4.78 is 38.9. The summed E-state index contributed by atoms with van der Waals surface area (Å²) >= 11 is 3.25. The van der Waals surface area contributed by atoms with E-state index in [-0.39, 0.29) is 18.4 Å². The van der Waals surface area contributed by atoms with Crippen molar-refractivity contribution in [3.63, 3.8) is 0 Å². The van der Waals surface area contributed by atoms with Crippen molar-refractivity contribution in [2.24, 2.45) is 0 Å². The summed E-state index contributed by atoms with van der Waals surface area (Å²) in [5.74, 6) is -0.677. The molecule has 1 aromatic rings. The SMILES string of the molecule is Cc1c(Br)cccc1C(=O)NC1(C(F)(F)F)CC1. The maximum atomic E-state index is 12.7. The lowest BCUT2D eigenvalue weighted by Crippen LogP contribution is -2.48. The molecule has 0 unspecified atom stereocenters. The van der Waals surface area contributed by atoms with E-state index in [0.717, 1.165) is 0 Å². The van der Waals surface area contributed by atoms with Crippen LogP contribution in [0.3, 0.4) is 0 Å². The summed E-state index contributed by atoms with van der Waals surface area (Å²) in [5, 5.41) is 2.11. The van der Waals surface area contributed by atoms with Crippen LogP contribution in [0.4, 0.5) is 13.2 Å². The lowest BCUT2D eigenvalue weighted by molar-refractivity contribution is -0.163. The van der Waals surface area contributed by atoms with Crippen LogP contribution in [-0.4, -0.2) is 17.6 Å². The minimum atomic E-state index is -4.39. The first-order valence-corrected chi connectivity index (χ1v) is 6.20. The molecule has 98 valence electrons. The zero-order chi connectivity index (χ0) is 13.6. The van der Waals surface area contributed by atoms with Gasteiger partial charge in [-0.2, -0.15) is 13.2 Å². The van der Waals surface area contributed by atoms with E-state index in [9.17, 15) is 18.0 Å². The summed E-state index contributed by atoms with van der Waals surface area (Å²) in [6, 6.07) is 4.88. The van der Waals surface area contributed by atoms with E-state index in [4.69, 9.17) is 0 Å². The lowest BCUT2D eigenvalue weighted by atomic mass is 10.1. The Labute approximate surface area is 111 Å². The van der Waals surface area contributed by atoms with Gasteiger partial charge in [0.15, 0.2) is 0 Å². The normalized spacial score (nSPS) is 17.4. The van der Waals surface area contributed by atoms with Gasteiger partial charge in [0.1, 0.15) is 5.54 Å². The van der Waals surface area contributed by atoms with Crippen molar-refractivity contribution < 1.29 is 18.0 Å². The predicted molar refractivity (Wildman–Crippen MR) is 64.4 cm³/mol. The first-order valence-electron chi connectivity index (χ1n) is 5.41. The molecule has 1 N–H and O–H groups in total. The molecule has 0 aromatic heterocycles. The molecule has 18 heavy (non-hydrogen) atoms. The van der Waals surface area contributed by atoms with Gasteiger partial charge in [0.2, 0.25) is 0 Å². The van der Waals surface area contributed by atoms with Gasteiger partial charge in [0.25, 0.3) is 5.91 Å². The molecule has 0 saturated heterocycles. The smallest absolute Gasteiger partial charge is 0.338 e. The molecule has 1 aliphatic carbocycles. The van der Waals surface area contributed by atoms with Crippen LogP contribution in [-0.2, 0) is 0 Å². The van der Waals surface area contributed by atoms with Crippen LogP contribution in [0.15, 0.2) is 22.7 Å². The Morgan fingerprint density at radius 1 is 1.39 bits per heavy atom. The Bertz CT molecular complexity index is 495. The maximum Gasteiger partial charge on any atom is 0.411 e. The van der Waals surface area contributed by atoms with Gasteiger partial charge < -0.3 is 5.32 Å². The summed E-state index contributed by atoms with van der Waals surface area (Å²) in [5.41, 5.74) is -1.12. The molecule has 1 amide bonds. The molecule has 1 fully saturated rings.